The van der Waals surface area contributed by atoms with E-state index in [1.807, 2.05) is 6.92 Å². The van der Waals surface area contributed by atoms with Gasteiger partial charge in [-0.1, -0.05) is 0 Å². The Morgan fingerprint density at radius 3 is 2.88 bits per heavy atom. The molecule has 0 aliphatic rings. The average Bonchev–Trinajstić information content (AvgIpc) is 1.68. The Kier molecular flexibility index (Phi) is 4.26. The summed E-state index contributed by atoms with van der Waals surface area (Å²) in [4.78, 5) is 9.70. The molecule has 0 saturated heterocycles. The van der Waals surface area contributed by atoms with Gasteiger partial charge in [-0.3, -0.25) is 4.79 Å². The molecule has 0 saturated carbocycles. The van der Waals surface area contributed by atoms with Crippen LogP contribution in [-0.2, 0) is 4.79 Å². The third-order valence-corrected chi connectivity index (χ3v) is 0.915. The Balaban J connectivity index is 3.03. The van der Waals surface area contributed by atoms with Crippen molar-refractivity contribution in [2.75, 3.05) is 6.61 Å². The van der Waals surface area contributed by atoms with Crippen LogP contribution in [-0.4, -0.2) is 24.2 Å². The monoisotopic (exact) mass is 117 g/mol. The van der Waals surface area contributed by atoms with E-state index in [1.54, 1.807) is 0 Å². The average molecular weight is 117 g/mol. The molecular weight excluding hydrogens is 106 g/mol. The highest BCUT2D eigenvalue weighted by molar-refractivity contribution is 5.46. The summed E-state index contributed by atoms with van der Waals surface area (Å²) in [7, 11) is 0. The fourth-order valence-electron chi connectivity index (χ4n) is 0.393. The fraction of sp³-hybridized carbons (Fsp3) is 0.800. The van der Waals surface area contributed by atoms with E-state index in [4.69, 9.17) is 5.11 Å². The standard InChI is InChI=1S/C5H11NO2/c1-5(2-3-7)6-4-8/h4-5,7H,2-3H2,1H3,(H,6,8)/t5-/m1/s1. The first-order valence-electron chi connectivity index (χ1n) is 2.61. The number of carbonyl (C=O) groups is 1. The van der Waals surface area contributed by atoms with Crippen LogP contribution in [0.2, 0.25) is 0 Å². The topological polar surface area (TPSA) is 49.3 Å². The minimum absolute atomic E-state index is 0.0949. The molecule has 8 heavy (non-hydrogen) atoms. The minimum atomic E-state index is 0.0949. The number of amides is 1. The van der Waals surface area contributed by atoms with E-state index in [-0.39, 0.29) is 12.6 Å². The maximum atomic E-state index is 9.70. The van der Waals surface area contributed by atoms with Crippen LogP contribution in [0.5, 0.6) is 0 Å². The van der Waals surface area contributed by atoms with E-state index in [0.29, 0.717) is 12.8 Å². The van der Waals surface area contributed by atoms with Crippen molar-refractivity contribution in [3.05, 3.63) is 0 Å². The van der Waals surface area contributed by atoms with Gasteiger partial charge in [0.1, 0.15) is 0 Å². The molecule has 0 bridgehead atoms. The van der Waals surface area contributed by atoms with Gasteiger partial charge < -0.3 is 10.4 Å². The lowest BCUT2D eigenvalue weighted by molar-refractivity contribution is -0.110. The van der Waals surface area contributed by atoms with Crippen molar-refractivity contribution in [2.24, 2.45) is 0 Å². The molecule has 3 heteroatoms. The maximum Gasteiger partial charge on any atom is 0.207 e. The summed E-state index contributed by atoms with van der Waals surface area (Å²) in [5.41, 5.74) is 0. The number of nitrogens with one attached hydrogen (secondary N) is 1. The molecule has 0 aromatic heterocycles. The van der Waals surface area contributed by atoms with E-state index in [2.05, 4.69) is 5.32 Å². The smallest absolute Gasteiger partial charge is 0.207 e. The largest absolute Gasteiger partial charge is 0.396 e. The van der Waals surface area contributed by atoms with Crippen molar-refractivity contribution in [2.45, 2.75) is 19.4 Å². The predicted molar refractivity (Wildman–Crippen MR) is 30.4 cm³/mol. The van der Waals surface area contributed by atoms with Crippen LogP contribution >= 0.6 is 0 Å². The zero-order chi connectivity index (χ0) is 6.41. The van der Waals surface area contributed by atoms with Gasteiger partial charge in [0.25, 0.3) is 0 Å². The van der Waals surface area contributed by atoms with E-state index in [0.717, 1.165) is 0 Å². The van der Waals surface area contributed by atoms with Crippen LogP contribution < -0.4 is 5.32 Å². The molecule has 0 unspecified atom stereocenters. The highest BCUT2D eigenvalue weighted by Crippen LogP contribution is 1.84. The molecule has 1 amide bonds. The first kappa shape index (κ1) is 7.43. The highest BCUT2D eigenvalue weighted by atomic mass is 16.3. The summed E-state index contributed by atoms with van der Waals surface area (Å²) < 4.78 is 0. The van der Waals surface area contributed by atoms with E-state index in [9.17, 15) is 4.79 Å². The summed E-state index contributed by atoms with van der Waals surface area (Å²) in [6.07, 6.45) is 1.26. The fourth-order valence-corrected chi connectivity index (χ4v) is 0.393. The third-order valence-electron chi connectivity index (χ3n) is 0.915. The van der Waals surface area contributed by atoms with Gasteiger partial charge in [-0.15, -0.1) is 0 Å². The van der Waals surface area contributed by atoms with Crippen LogP contribution in [0.4, 0.5) is 0 Å². The van der Waals surface area contributed by atoms with Gasteiger partial charge in [-0.2, -0.15) is 0 Å². The molecule has 0 fully saturated rings. The number of aliphatic hydroxyl groups excluding tert-OH is 1. The SMILES string of the molecule is C[C@H](CCO)NC=O. The molecule has 0 aliphatic heterocycles. The first-order chi connectivity index (χ1) is 3.81. The molecular formula is C5H11NO2. The normalized spacial score (nSPS) is 12.8. The molecule has 0 aromatic rings. The zero-order valence-electron chi connectivity index (χ0n) is 4.92. The summed E-state index contributed by atoms with van der Waals surface area (Å²) in [5.74, 6) is 0. The Morgan fingerprint density at radius 1 is 1.88 bits per heavy atom. The molecule has 1 atom stereocenters. The van der Waals surface area contributed by atoms with Crippen molar-refractivity contribution in [1.82, 2.24) is 5.32 Å². The quantitative estimate of drug-likeness (QED) is 0.488. The highest BCUT2D eigenvalue weighted by Gasteiger charge is 1.94. The van der Waals surface area contributed by atoms with Gasteiger partial charge in [-0.05, 0) is 13.3 Å². The Bertz CT molecular complexity index is 65.4. The van der Waals surface area contributed by atoms with Gasteiger partial charge in [0.15, 0.2) is 0 Å². The predicted octanol–water partition coefficient (Wildman–Crippen LogP) is -0.497. The van der Waals surface area contributed by atoms with Crippen LogP contribution in [0.3, 0.4) is 0 Å². The molecule has 3 nitrogen and oxygen atoms in total. The van der Waals surface area contributed by atoms with Gasteiger partial charge in [0, 0.05) is 12.6 Å². The molecule has 0 radical (unpaired) electrons. The summed E-state index contributed by atoms with van der Waals surface area (Å²) in [6, 6.07) is 0.0949. The maximum absolute atomic E-state index is 9.70. The number of rotatable bonds is 4. The van der Waals surface area contributed by atoms with Crippen LogP contribution in [0.25, 0.3) is 0 Å². The van der Waals surface area contributed by atoms with Crippen LogP contribution in [0, 0.1) is 0 Å². The third kappa shape index (κ3) is 3.61. The molecule has 0 aliphatic carbocycles. The molecule has 48 valence electrons. The van der Waals surface area contributed by atoms with E-state index < -0.39 is 0 Å². The number of carbonyl (C=O) groups excluding carboxylic acids is 1. The van der Waals surface area contributed by atoms with Crippen molar-refractivity contribution >= 4 is 6.41 Å². The number of hydrogen-bond acceptors (Lipinski definition) is 2. The summed E-state index contributed by atoms with van der Waals surface area (Å²) in [6.45, 7) is 1.96. The zero-order valence-corrected chi connectivity index (χ0v) is 4.92. The minimum Gasteiger partial charge on any atom is -0.396 e. The van der Waals surface area contributed by atoms with Gasteiger partial charge in [0.05, 0.1) is 0 Å². The van der Waals surface area contributed by atoms with Gasteiger partial charge in [0.2, 0.25) is 6.41 Å². The van der Waals surface area contributed by atoms with Crippen molar-refractivity contribution in [1.29, 1.82) is 0 Å². The Hall–Kier alpha value is -0.570. The molecule has 0 spiro atoms. The molecule has 0 aromatic carbocycles. The van der Waals surface area contributed by atoms with Gasteiger partial charge >= 0.3 is 0 Å². The molecule has 2 N–H and O–H groups in total. The lowest BCUT2D eigenvalue weighted by atomic mass is 10.2. The molecule has 0 rings (SSSR count). The van der Waals surface area contributed by atoms with Crippen LogP contribution in [0.15, 0.2) is 0 Å². The number of hydrogen-bond donors (Lipinski definition) is 2. The molecule has 0 heterocycles. The Labute approximate surface area is 48.7 Å². The Morgan fingerprint density at radius 2 is 2.50 bits per heavy atom. The number of aliphatic hydroxyl groups is 1. The first-order valence-corrected chi connectivity index (χ1v) is 2.61. The summed E-state index contributed by atoms with van der Waals surface area (Å²) >= 11 is 0. The van der Waals surface area contributed by atoms with E-state index in [1.165, 1.54) is 0 Å². The van der Waals surface area contributed by atoms with Gasteiger partial charge in [-0.25, -0.2) is 0 Å². The second-order valence-electron chi connectivity index (χ2n) is 1.70. The summed E-state index contributed by atoms with van der Waals surface area (Å²) in [5, 5.41) is 10.8. The lowest BCUT2D eigenvalue weighted by Crippen LogP contribution is -2.24. The van der Waals surface area contributed by atoms with E-state index >= 15 is 0 Å². The second-order valence-corrected chi connectivity index (χ2v) is 1.70. The van der Waals surface area contributed by atoms with Crippen molar-refractivity contribution < 1.29 is 9.90 Å². The van der Waals surface area contributed by atoms with Crippen LogP contribution in [0.1, 0.15) is 13.3 Å². The lowest BCUT2D eigenvalue weighted by Gasteiger charge is -2.05. The van der Waals surface area contributed by atoms with Crippen molar-refractivity contribution in [3.63, 3.8) is 0 Å². The van der Waals surface area contributed by atoms with Crippen molar-refractivity contribution in [3.8, 4) is 0 Å². The second kappa shape index (κ2) is 4.59.